The molecule has 0 spiro atoms. The lowest BCUT2D eigenvalue weighted by atomic mass is 10.1. The topological polar surface area (TPSA) is 80.5 Å². The van der Waals surface area contributed by atoms with Crippen LogP contribution in [0.5, 0.6) is 0 Å². The fourth-order valence-corrected chi connectivity index (χ4v) is 3.25. The number of halogens is 2. The Morgan fingerprint density at radius 1 is 1.18 bits per heavy atom. The van der Waals surface area contributed by atoms with E-state index in [9.17, 15) is 13.6 Å². The third kappa shape index (κ3) is 3.29. The smallest absolute Gasteiger partial charge is 0.260 e. The van der Waals surface area contributed by atoms with Crippen LogP contribution in [0.25, 0.3) is 11.1 Å². The molecule has 28 heavy (non-hydrogen) atoms. The van der Waals surface area contributed by atoms with E-state index in [1.54, 1.807) is 13.8 Å². The number of carbonyl (C=O) groups is 1. The first-order chi connectivity index (χ1) is 13.4. The van der Waals surface area contributed by atoms with E-state index in [1.165, 1.54) is 6.07 Å². The van der Waals surface area contributed by atoms with Gasteiger partial charge in [0.25, 0.3) is 5.91 Å². The first kappa shape index (κ1) is 18.3. The second-order valence-corrected chi connectivity index (χ2v) is 6.49. The molecule has 3 heterocycles. The van der Waals surface area contributed by atoms with Gasteiger partial charge < -0.3 is 19.4 Å². The molecule has 0 aliphatic carbocycles. The summed E-state index contributed by atoms with van der Waals surface area (Å²) in [4.78, 5) is 23.7. The zero-order valence-electron chi connectivity index (χ0n) is 15.4. The Hall–Kier alpha value is -3.07. The van der Waals surface area contributed by atoms with E-state index in [2.05, 4.69) is 15.3 Å². The van der Waals surface area contributed by atoms with Gasteiger partial charge in [0, 0.05) is 19.2 Å². The number of furan rings is 1. The highest BCUT2D eigenvalue weighted by Crippen LogP contribution is 2.33. The van der Waals surface area contributed by atoms with Crippen LogP contribution >= 0.6 is 0 Å². The fraction of sp³-hybridized carbons (Fsp3) is 0.316. The van der Waals surface area contributed by atoms with Crippen LogP contribution in [0.4, 0.5) is 20.3 Å². The molecule has 1 aliphatic heterocycles. The maximum atomic E-state index is 14.0. The molecule has 0 atom stereocenters. The molecule has 1 aromatic carbocycles. The van der Waals surface area contributed by atoms with Crippen LogP contribution < -0.4 is 10.2 Å². The van der Waals surface area contributed by atoms with Crippen LogP contribution in [0.2, 0.25) is 0 Å². The zero-order chi connectivity index (χ0) is 19.8. The number of aromatic nitrogens is 2. The minimum absolute atomic E-state index is 0.124. The predicted octanol–water partition coefficient (Wildman–Crippen LogP) is 3.21. The molecule has 1 N–H and O–H groups in total. The molecule has 0 unspecified atom stereocenters. The van der Waals surface area contributed by atoms with Crippen molar-refractivity contribution in [3.05, 3.63) is 47.0 Å². The molecule has 7 nitrogen and oxygen atoms in total. The Kier molecular flexibility index (Phi) is 4.68. The van der Waals surface area contributed by atoms with E-state index in [0.717, 1.165) is 6.07 Å². The highest BCUT2D eigenvalue weighted by molar-refractivity contribution is 6.15. The Balaban J connectivity index is 1.79. The quantitative estimate of drug-likeness (QED) is 0.742. The zero-order valence-corrected chi connectivity index (χ0v) is 15.4. The van der Waals surface area contributed by atoms with Gasteiger partial charge in [-0.05, 0) is 26.0 Å². The van der Waals surface area contributed by atoms with Crippen molar-refractivity contribution in [2.75, 3.05) is 36.5 Å². The molecule has 1 aliphatic rings. The van der Waals surface area contributed by atoms with Gasteiger partial charge in [0.1, 0.15) is 29.0 Å². The number of morpholine rings is 1. The monoisotopic (exact) mass is 388 g/mol. The number of aryl methyl sites for hydroxylation is 2. The number of hydrogen-bond donors (Lipinski definition) is 1. The molecule has 2 aromatic heterocycles. The molecule has 1 fully saturated rings. The van der Waals surface area contributed by atoms with Crippen molar-refractivity contribution in [3.63, 3.8) is 0 Å². The molecule has 0 saturated carbocycles. The molecule has 0 bridgehead atoms. The largest absolute Gasteiger partial charge is 0.442 e. The lowest BCUT2D eigenvalue weighted by molar-refractivity contribution is 0.102. The van der Waals surface area contributed by atoms with Crippen LogP contribution in [0.1, 0.15) is 21.9 Å². The average Bonchev–Trinajstić information content (AvgIpc) is 2.99. The van der Waals surface area contributed by atoms with E-state index in [1.807, 2.05) is 4.90 Å². The first-order valence-electron chi connectivity index (χ1n) is 8.81. The van der Waals surface area contributed by atoms with Crippen molar-refractivity contribution in [2.24, 2.45) is 0 Å². The van der Waals surface area contributed by atoms with Crippen molar-refractivity contribution >= 4 is 28.5 Å². The van der Waals surface area contributed by atoms with E-state index >= 15 is 0 Å². The number of rotatable bonds is 3. The second-order valence-electron chi connectivity index (χ2n) is 6.49. The van der Waals surface area contributed by atoms with Gasteiger partial charge >= 0.3 is 0 Å². The third-order valence-corrected chi connectivity index (χ3v) is 4.54. The Morgan fingerprint density at radius 3 is 2.64 bits per heavy atom. The van der Waals surface area contributed by atoms with Crippen LogP contribution in [-0.4, -0.2) is 42.2 Å². The van der Waals surface area contributed by atoms with Gasteiger partial charge in [0.2, 0.25) is 5.71 Å². The van der Waals surface area contributed by atoms with Crippen molar-refractivity contribution < 1.29 is 22.7 Å². The summed E-state index contributed by atoms with van der Waals surface area (Å²) in [7, 11) is 0. The summed E-state index contributed by atoms with van der Waals surface area (Å²) in [5.74, 6) is -0.738. The van der Waals surface area contributed by atoms with Gasteiger partial charge in [-0.25, -0.2) is 13.8 Å². The summed E-state index contributed by atoms with van der Waals surface area (Å²) in [6, 6.07) is 2.95. The highest BCUT2D eigenvalue weighted by Gasteiger charge is 2.27. The van der Waals surface area contributed by atoms with Crippen LogP contribution in [0.15, 0.2) is 22.6 Å². The molecular formula is C19H18F2N4O3. The second kappa shape index (κ2) is 7.16. The molecular weight excluding hydrogens is 370 g/mol. The summed E-state index contributed by atoms with van der Waals surface area (Å²) in [5, 5.41) is 2.94. The normalized spacial score (nSPS) is 14.5. The summed E-state index contributed by atoms with van der Waals surface area (Å²) < 4.78 is 38.2. The molecule has 4 rings (SSSR count). The van der Waals surface area contributed by atoms with E-state index in [4.69, 9.17) is 9.15 Å². The van der Waals surface area contributed by atoms with Gasteiger partial charge in [-0.1, -0.05) is 0 Å². The third-order valence-electron chi connectivity index (χ3n) is 4.54. The summed E-state index contributed by atoms with van der Waals surface area (Å²) in [5.41, 5.74) is 0.387. The van der Waals surface area contributed by atoms with Gasteiger partial charge in [-0.2, -0.15) is 4.98 Å². The highest BCUT2D eigenvalue weighted by atomic mass is 19.1. The average molecular weight is 388 g/mol. The summed E-state index contributed by atoms with van der Waals surface area (Å²) in [6.07, 6.45) is 0. The number of anilines is 2. The molecule has 3 aromatic rings. The maximum absolute atomic E-state index is 14.0. The van der Waals surface area contributed by atoms with Gasteiger partial charge in [0.05, 0.1) is 29.9 Å². The number of nitrogens with one attached hydrogen (secondary N) is 1. The van der Waals surface area contributed by atoms with E-state index in [0.29, 0.717) is 55.2 Å². The van der Waals surface area contributed by atoms with Crippen LogP contribution in [0.3, 0.4) is 0 Å². The number of benzene rings is 1. The van der Waals surface area contributed by atoms with Crippen molar-refractivity contribution in [1.29, 1.82) is 0 Å². The molecule has 9 heteroatoms. The van der Waals surface area contributed by atoms with Crippen molar-refractivity contribution in [3.8, 4) is 0 Å². The molecule has 0 radical (unpaired) electrons. The minimum atomic E-state index is -0.862. The Labute approximate surface area is 159 Å². The van der Waals surface area contributed by atoms with Gasteiger partial charge in [-0.15, -0.1) is 0 Å². The van der Waals surface area contributed by atoms with Crippen molar-refractivity contribution in [1.82, 2.24) is 9.97 Å². The number of amides is 1. The van der Waals surface area contributed by atoms with Gasteiger partial charge in [0.15, 0.2) is 0 Å². The molecule has 146 valence electrons. The fourth-order valence-electron chi connectivity index (χ4n) is 3.25. The Bertz CT molecular complexity index is 1060. The predicted molar refractivity (Wildman–Crippen MR) is 98.6 cm³/mol. The van der Waals surface area contributed by atoms with Gasteiger partial charge in [-0.3, -0.25) is 4.79 Å². The minimum Gasteiger partial charge on any atom is -0.442 e. The Morgan fingerprint density at radius 2 is 1.93 bits per heavy atom. The number of carbonyl (C=O) groups excluding carboxylic acids is 1. The van der Waals surface area contributed by atoms with Crippen LogP contribution in [0, 0.1) is 25.5 Å². The standard InChI is InChI=1S/C19H18F2N4O3/c1-10-15(18(26)24-14-4-3-12(20)9-13(14)21)16-17(25-5-7-27-8-6-25)22-11(2)23-19(16)28-10/h3-4,9H,5-8H2,1-2H3,(H,24,26). The lowest BCUT2D eigenvalue weighted by Gasteiger charge is -2.28. The molecule has 1 saturated heterocycles. The maximum Gasteiger partial charge on any atom is 0.260 e. The summed E-state index contributed by atoms with van der Waals surface area (Å²) in [6.45, 7) is 5.70. The molecule has 1 amide bonds. The van der Waals surface area contributed by atoms with E-state index in [-0.39, 0.29) is 17.0 Å². The van der Waals surface area contributed by atoms with E-state index < -0.39 is 17.5 Å². The number of nitrogens with zero attached hydrogens (tertiary/aromatic N) is 3. The number of hydrogen-bond acceptors (Lipinski definition) is 6. The lowest BCUT2D eigenvalue weighted by Crippen LogP contribution is -2.37. The van der Waals surface area contributed by atoms with Crippen LogP contribution in [-0.2, 0) is 4.74 Å². The number of ether oxygens (including phenoxy) is 1. The van der Waals surface area contributed by atoms with Crippen molar-refractivity contribution in [2.45, 2.75) is 13.8 Å². The summed E-state index contributed by atoms with van der Waals surface area (Å²) >= 11 is 0. The first-order valence-corrected chi connectivity index (χ1v) is 8.81. The number of fused-ring (bicyclic) bond motifs is 1. The SMILES string of the molecule is Cc1nc(N2CCOCC2)c2c(C(=O)Nc3ccc(F)cc3F)c(C)oc2n1.